The van der Waals surface area contributed by atoms with Crippen LogP contribution in [-0.4, -0.2) is 10.6 Å². The average molecular weight is 221 g/mol. The molecule has 0 aromatic heterocycles. The summed E-state index contributed by atoms with van der Waals surface area (Å²) >= 11 is -0.155. The normalized spacial score (nSPS) is 11.7. The molecule has 5 heteroatoms. The number of thioether (sulfide) groups is 1. The SMILES string of the molecule is O[CH]Cc1cccc(SC(F)(F)F)c1. The van der Waals surface area contributed by atoms with Crippen LogP contribution in [0.15, 0.2) is 29.2 Å². The first kappa shape index (κ1) is 11.4. The van der Waals surface area contributed by atoms with Gasteiger partial charge in [-0.25, -0.2) is 0 Å². The lowest BCUT2D eigenvalue weighted by molar-refractivity contribution is -0.0328. The first-order valence-electron chi connectivity index (χ1n) is 3.82. The van der Waals surface area contributed by atoms with Gasteiger partial charge in [-0.05, 0) is 29.5 Å². The second-order valence-corrected chi connectivity index (χ2v) is 3.72. The summed E-state index contributed by atoms with van der Waals surface area (Å²) in [4.78, 5) is 0.136. The van der Waals surface area contributed by atoms with E-state index in [-0.39, 0.29) is 23.1 Å². The van der Waals surface area contributed by atoms with Gasteiger partial charge in [0.05, 0.1) is 6.61 Å². The van der Waals surface area contributed by atoms with Crippen LogP contribution < -0.4 is 0 Å². The number of aliphatic hydroxyl groups is 1. The molecule has 1 nitrogen and oxygen atoms in total. The number of hydrogen-bond donors (Lipinski definition) is 1. The van der Waals surface area contributed by atoms with Crippen LogP contribution in [0.5, 0.6) is 0 Å². The highest BCUT2D eigenvalue weighted by atomic mass is 32.2. The Morgan fingerprint density at radius 1 is 1.36 bits per heavy atom. The maximum Gasteiger partial charge on any atom is 0.446 e. The van der Waals surface area contributed by atoms with Crippen LogP contribution >= 0.6 is 11.8 Å². The molecule has 0 atom stereocenters. The van der Waals surface area contributed by atoms with E-state index >= 15 is 0 Å². The molecule has 0 fully saturated rings. The molecule has 0 saturated heterocycles. The molecular formula is C9H8F3OS. The van der Waals surface area contributed by atoms with Crippen LogP contribution in [0.4, 0.5) is 13.2 Å². The number of hydrogen-bond acceptors (Lipinski definition) is 2. The lowest BCUT2D eigenvalue weighted by Crippen LogP contribution is -1.99. The van der Waals surface area contributed by atoms with E-state index in [0.717, 1.165) is 6.61 Å². The van der Waals surface area contributed by atoms with Crippen LogP contribution in [0.2, 0.25) is 0 Å². The monoisotopic (exact) mass is 221 g/mol. The summed E-state index contributed by atoms with van der Waals surface area (Å²) in [6, 6.07) is 5.99. The van der Waals surface area contributed by atoms with Crippen molar-refractivity contribution in [3.63, 3.8) is 0 Å². The Balaban J connectivity index is 2.73. The molecule has 0 heterocycles. The molecule has 77 valence electrons. The fourth-order valence-corrected chi connectivity index (χ4v) is 1.60. The third-order valence-electron chi connectivity index (χ3n) is 1.46. The van der Waals surface area contributed by atoms with E-state index in [9.17, 15) is 13.2 Å². The van der Waals surface area contributed by atoms with E-state index in [0.29, 0.717) is 5.56 Å². The van der Waals surface area contributed by atoms with Gasteiger partial charge < -0.3 is 5.11 Å². The molecule has 0 saturated carbocycles. The Kier molecular flexibility index (Phi) is 3.83. The number of benzene rings is 1. The first-order valence-corrected chi connectivity index (χ1v) is 4.63. The molecule has 0 amide bonds. The van der Waals surface area contributed by atoms with Crippen molar-refractivity contribution in [1.29, 1.82) is 0 Å². The zero-order valence-electron chi connectivity index (χ0n) is 7.08. The van der Waals surface area contributed by atoms with Gasteiger partial charge in [-0.15, -0.1) is 0 Å². The minimum Gasteiger partial charge on any atom is -0.390 e. The van der Waals surface area contributed by atoms with Crippen molar-refractivity contribution < 1.29 is 18.3 Å². The molecule has 14 heavy (non-hydrogen) atoms. The first-order chi connectivity index (χ1) is 6.51. The highest BCUT2D eigenvalue weighted by Crippen LogP contribution is 2.36. The molecule has 0 aliphatic rings. The number of rotatable bonds is 3. The maximum atomic E-state index is 12.0. The number of alkyl halides is 3. The maximum absolute atomic E-state index is 12.0. The Morgan fingerprint density at radius 3 is 2.64 bits per heavy atom. The van der Waals surface area contributed by atoms with Crippen molar-refractivity contribution in [1.82, 2.24) is 0 Å². The van der Waals surface area contributed by atoms with E-state index < -0.39 is 5.51 Å². The van der Waals surface area contributed by atoms with Gasteiger partial charge >= 0.3 is 5.51 Å². The van der Waals surface area contributed by atoms with Crippen molar-refractivity contribution in [3.8, 4) is 0 Å². The van der Waals surface area contributed by atoms with Crippen LogP contribution in [0.3, 0.4) is 0 Å². The van der Waals surface area contributed by atoms with Gasteiger partial charge in [-0.3, -0.25) is 0 Å². The molecule has 0 bridgehead atoms. The number of aliphatic hydroxyl groups excluding tert-OH is 1. The lowest BCUT2D eigenvalue weighted by Gasteiger charge is -2.06. The summed E-state index contributed by atoms with van der Waals surface area (Å²) in [6.07, 6.45) is 0.256. The van der Waals surface area contributed by atoms with Gasteiger partial charge in [-0.2, -0.15) is 13.2 Å². The predicted octanol–water partition coefficient (Wildman–Crippen LogP) is 3.38. The third kappa shape index (κ3) is 4.02. The van der Waals surface area contributed by atoms with E-state index in [1.807, 2.05) is 0 Å². The predicted molar refractivity (Wildman–Crippen MR) is 48.3 cm³/mol. The molecule has 1 N–H and O–H groups in total. The Morgan fingerprint density at radius 2 is 2.07 bits per heavy atom. The largest absolute Gasteiger partial charge is 0.446 e. The Labute approximate surface area is 83.9 Å². The fraction of sp³-hybridized carbons (Fsp3) is 0.222. The quantitative estimate of drug-likeness (QED) is 0.789. The molecule has 1 rings (SSSR count). The van der Waals surface area contributed by atoms with Crippen LogP contribution in [0, 0.1) is 6.61 Å². The van der Waals surface area contributed by atoms with Gasteiger partial charge in [0.25, 0.3) is 0 Å². The van der Waals surface area contributed by atoms with Crippen molar-refractivity contribution >= 4 is 11.8 Å². The second-order valence-electron chi connectivity index (χ2n) is 2.58. The van der Waals surface area contributed by atoms with Crippen LogP contribution in [0.1, 0.15) is 5.56 Å². The molecule has 1 aromatic carbocycles. The van der Waals surface area contributed by atoms with Gasteiger partial charge in [0, 0.05) is 11.3 Å². The smallest absolute Gasteiger partial charge is 0.390 e. The van der Waals surface area contributed by atoms with Crippen molar-refractivity contribution in [2.24, 2.45) is 0 Å². The molecular weight excluding hydrogens is 213 g/mol. The number of halogens is 3. The summed E-state index contributed by atoms with van der Waals surface area (Å²) in [7, 11) is 0. The van der Waals surface area contributed by atoms with Crippen molar-refractivity contribution in [2.45, 2.75) is 16.8 Å². The van der Waals surface area contributed by atoms with Gasteiger partial charge in [0.2, 0.25) is 0 Å². The van der Waals surface area contributed by atoms with Crippen molar-refractivity contribution in [2.75, 3.05) is 0 Å². The minimum atomic E-state index is -4.26. The summed E-state index contributed by atoms with van der Waals surface area (Å²) in [5.41, 5.74) is -3.61. The second kappa shape index (κ2) is 4.70. The van der Waals surface area contributed by atoms with Crippen molar-refractivity contribution in [3.05, 3.63) is 36.4 Å². The molecule has 0 unspecified atom stereocenters. The van der Waals surface area contributed by atoms with E-state index in [1.165, 1.54) is 18.2 Å². The topological polar surface area (TPSA) is 20.2 Å². The average Bonchev–Trinajstić information content (AvgIpc) is 2.02. The summed E-state index contributed by atoms with van der Waals surface area (Å²) in [5, 5.41) is 8.49. The highest BCUT2D eigenvalue weighted by molar-refractivity contribution is 8.00. The Hall–Kier alpha value is -0.680. The molecule has 1 aromatic rings. The molecule has 0 aliphatic heterocycles. The van der Waals surface area contributed by atoms with E-state index in [1.54, 1.807) is 6.07 Å². The van der Waals surface area contributed by atoms with E-state index in [2.05, 4.69) is 0 Å². The minimum absolute atomic E-state index is 0.136. The zero-order chi connectivity index (χ0) is 10.6. The van der Waals surface area contributed by atoms with E-state index in [4.69, 9.17) is 5.11 Å². The highest BCUT2D eigenvalue weighted by Gasteiger charge is 2.29. The lowest BCUT2D eigenvalue weighted by atomic mass is 10.2. The fourth-order valence-electron chi connectivity index (χ4n) is 0.975. The van der Waals surface area contributed by atoms with Crippen LogP contribution in [-0.2, 0) is 6.42 Å². The van der Waals surface area contributed by atoms with Gasteiger partial charge in [-0.1, -0.05) is 12.1 Å². The van der Waals surface area contributed by atoms with Gasteiger partial charge in [0.15, 0.2) is 0 Å². The van der Waals surface area contributed by atoms with Crippen LogP contribution in [0.25, 0.3) is 0 Å². The zero-order valence-corrected chi connectivity index (χ0v) is 7.90. The van der Waals surface area contributed by atoms with Gasteiger partial charge in [0.1, 0.15) is 0 Å². The standard InChI is InChI=1S/C9H8F3OS/c10-9(11,12)14-8-3-1-2-7(6-8)4-5-13/h1-3,5-6,13H,4H2. The summed E-state index contributed by atoms with van der Waals surface area (Å²) in [6.45, 7) is 0.914. The third-order valence-corrected chi connectivity index (χ3v) is 2.18. The molecule has 1 radical (unpaired) electrons. The molecule has 0 spiro atoms. The summed E-state index contributed by atoms with van der Waals surface area (Å²) in [5.74, 6) is 0. The molecule has 0 aliphatic carbocycles. The Bertz CT molecular complexity index is 298. The summed E-state index contributed by atoms with van der Waals surface area (Å²) < 4.78 is 35.9.